The van der Waals surface area contributed by atoms with Crippen LogP contribution in [0.3, 0.4) is 0 Å². The zero-order valence-electron chi connectivity index (χ0n) is 21.0. The second-order valence-corrected chi connectivity index (χ2v) is 8.98. The van der Waals surface area contributed by atoms with Crippen LogP contribution in [0.25, 0.3) is 0 Å². The lowest BCUT2D eigenvalue weighted by atomic mass is 9.93. The van der Waals surface area contributed by atoms with Gasteiger partial charge in [0.2, 0.25) is 11.8 Å². The van der Waals surface area contributed by atoms with Crippen molar-refractivity contribution < 1.29 is 19.1 Å². The molecule has 35 heavy (non-hydrogen) atoms. The molecule has 1 unspecified atom stereocenters. The van der Waals surface area contributed by atoms with Gasteiger partial charge in [-0.2, -0.15) is 0 Å². The number of piperidine rings is 1. The number of rotatable bonds is 11. The Labute approximate surface area is 208 Å². The highest BCUT2D eigenvalue weighted by Gasteiger charge is 2.38. The van der Waals surface area contributed by atoms with Crippen LogP contribution in [-0.4, -0.2) is 74.2 Å². The summed E-state index contributed by atoms with van der Waals surface area (Å²) in [6.07, 6.45) is 1.31. The molecule has 1 saturated heterocycles. The van der Waals surface area contributed by atoms with Crippen molar-refractivity contribution >= 4 is 11.8 Å². The quantitative estimate of drug-likeness (QED) is 0.509. The minimum Gasteiger partial charge on any atom is -0.497 e. The van der Waals surface area contributed by atoms with Crippen molar-refractivity contribution in [3.8, 4) is 5.75 Å². The van der Waals surface area contributed by atoms with E-state index in [4.69, 9.17) is 15.2 Å². The second kappa shape index (κ2) is 13.2. The minimum atomic E-state index is -0.562. The summed E-state index contributed by atoms with van der Waals surface area (Å²) in [6.45, 7) is 4.76. The van der Waals surface area contributed by atoms with Crippen molar-refractivity contribution in [2.75, 3.05) is 40.5 Å². The summed E-state index contributed by atoms with van der Waals surface area (Å²) in [5.74, 6) is 0.483. The third kappa shape index (κ3) is 7.27. The van der Waals surface area contributed by atoms with Crippen molar-refractivity contribution in [3.05, 3.63) is 65.2 Å². The van der Waals surface area contributed by atoms with E-state index in [0.29, 0.717) is 32.6 Å². The van der Waals surface area contributed by atoms with Gasteiger partial charge >= 0.3 is 0 Å². The first kappa shape index (κ1) is 26.7. The number of ether oxygens (including phenoxy) is 2. The van der Waals surface area contributed by atoms with Crippen LogP contribution in [0.15, 0.2) is 48.5 Å². The Morgan fingerprint density at radius 3 is 2.66 bits per heavy atom. The molecular weight excluding hydrogens is 444 g/mol. The summed E-state index contributed by atoms with van der Waals surface area (Å²) in [4.78, 5) is 29.9. The highest BCUT2D eigenvalue weighted by atomic mass is 16.5. The van der Waals surface area contributed by atoms with E-state index in [9.17, 15) is 9.59 Å². The van der Waals surface area contributed by atoms with Gasteiger partial charge in [0.15, 0.2) is 0 Å². The average molecular weight is 483 g/mol. The highest BCUT2D eigenvalue weighted by Crippen LogP contribution is 2.27. The normalized spacial score (nSPS) is 17.9. The number of benzene rings is 2. The van der Waals surface area contributed by atoms with Crippen LogP contribution in [0.4, 0.5) is 0 Å². The van der Waals surface area contributed by atoms with Gasteiger partial charge < -0.3 is 25.4 Å². The summed E-state index contributed by atoms with van der Waals surface area (Å²) in [5.41, 5.74) is 9.22. The molecule has 2 aromatic carbocycles. The third-order valence-electron chi connectivity index (χ3n) is 6.58. The van der Waals surface area contributed by atoms with E-state index in [1.54, 1.807) is 12.0 Å². The van der Waals surface area contributed by atoms with Crippen LogP contribution >= 0.6 is 0 Å². The lowest BCUT2D eigenvalue weighted by Gasteiger charge is -2.43. The highest BCUT2D eigenvalue weighted by molar-refractivity contribution is 5.88. The van der Waals surface area contributed by atoms with Crippen molar-refractivity contribution in [1.82, 2.24) is 15.1 Å². The molecule has 0 radical (unpaired) electrons. The predicted octanol–water partition coefficient (Wildman–Crippen LogP) is 2.09. The summed E-state index contributed by atoms with van der Waals surface area (Å²) in [5, 5.41) is 2.88. The minimum absolute atomic E-state index is 0.0396. The molecule has 1 heterocycles. The molecule has 0 aromatic heterocycles. The van der Waals surface area contributed by atoms with Crippen LogP contribution in [-0.2, 0) is 27.4 Å². The molecule has 8 nitrogen and oxygen atoms in total. The Hall–Kier alpha value is -2.94. The number of hydrogen-bond donors (Lipinski definition) is 2. The lowest BCUT2D eigenvalue weighted by Crippen LogP contribution is -2.58. The number of nitrogens with two attached hydrogens (primary N) is 1. The van der Waals surface area contributed by atoms with Gasteiger partial charge in [0.05, 0.1) is 7.11 Å². The maximum atomic E-state index is 13.1. The van der Waals surface area contributed by atoms with E-state index in [1.165, 1.54) is 18.2 Å². The number of hydrogen-bond acceptors (Lipinski definition) is 6. The van der Waals surface area contributed by atoms with Crippen LogP contribution in [0.2, 0.25) is 0 Å². The molecule has 0 aliphatic carbocycles. The number of amides is 2. The van der Waals surface area contributed by atoms with E-state index in [0.717, 1.165) is 24.3 Å². The Kier molecular flexibility index (Phi) is 10.1. The number of carbonyl (C=O) groups excluding carboxylic acids is 2. The van der Waals surface area contributed by atoms with Crippen LogP contribution in [0, 0.1) is 6.92 Å². The maximum Gasteiger partial charge on any atom is 0.249 e. The van der Waals surface area contributed by atoms with Crippen molar-refractivity contribution in [1.29, 1.82) is 0 Å². The molecule has 3 N–H and O–H groups in total. The Morgan fingerprint density at radius 2 is 1.94 bits per heavy atom. The largest absolute Gasteiger partial charge is 0.497 e. The van der Waals surface area contributed by atoms with Gasteiger partial charge in [-0.1, -0.05) is 36.4 Å². The van der Waals surface area contributed by atoms with Crippen LogP contribution in [0.5, 0.6) is 5.75 Å². The molecule has 3 rings (SSSR count). The van der Waals surface area contributed by atoms with E-state index < -0.39 is 6.04 Å². The van der Waals surface area contributed by atoms with Gasteiger partial charge in [-0.3, -0.25) is 14.5 Å². The molecule has 2 amide bonds. The zero-order chi connectivity index (χ0) is 25.2. The van der Waals surface area contributed by atoms with Crippen molar-refractivity contribution in [2.24, 2.45) is 5.73 Å². The van der Waals surface area contributed by atoms with E-state index in [2.05, 4.69) is 41.4 Å². The molecule has 2 aromatic rings. The number of methoxy groups -OCH3 is 2. The number of carbonyl (C=O) groups is 2. The Balaban J connectivity index is 1.87. The van der Waals surface area contributed by atoms with Gasteiger partial charge in [0.25, 0.3) is 0 Å². The summed E-state index contributed by atoms with van der Waals surface area (Å²) >= 11 is 0. The van der Waals surface area contributed by atoms with E-state index in [-0.39, 0.29) is 24.5 Å². The molecule has 8 heteroatoms. The number of nitrogens with one attached hydrogen (secondary N) is 1. The predicted molar refractivity (Wildman–Crippen MR) is 136 cm³/mol. The fraction of sp³-hybridized carbons (Fsp3) is 0.481. The number of nitrogens with zero attached hydrogens (tertiary/aromatic N) is 2. The molecule has 2 atom stereocenters. The molecule has 0 spiro atoms. The molecular formula is C27H38N4O4. The molecule has 1 fully saturated rings. The van der Waals surface area contributed by atoms with Gasteiger partial charge in [-0.25, -0.2) is 0 Å². The van der Waals surface area contributed by atoms with Gasteiger partial charge in [0, 0.05) is 45.9 Å². The van der Waals surface area contributed by atoms with Gasteiger partial charge in [-0.05, 0) is 48.6 Å². The Morgan fingerprint density at radius 1 is 1.14 bits per heavy atom. The maximum absolute atomic E-state index is 13.1. The SMILES string of the molecule is COCC(=O)N1CCC(N(Cc2cccc(OC)c2)Cc2ccccc2C)C[C@@H]1C(=O)NCCN. The smallest absolute Gasteiger partial charge is 0.249 e. The Bertz CT molecular complexity index is 983. The molecule has 190 valence electrons. The fourth-order valence-electron chi connectivity index (χ4n) is 4.67. The van der Waals surface area contributed by atoms with Crippen molar-refractivity contribution in [2.45, 2.75) is 44.9 Å². The number of aryl methyl sites for hydroxylation is 1. The topological polar surface area (TPSA) is 97.1 Å². The van der Waals surface area contributed by atoms with E-state index in [1.807, 2.05) is 24.3 Å². The van der Waals surface area contributed by atoms with Crippen LogP contribution in [0.1, 0.15) is 29.5 Å². The zero-order valence-corrected chi connectivity index (χ0v) is 21.0. The second-order valence-electron chi connectivity index (χ2n) is 8.98. The summed E-state index contributed by atoms with van der Waals surface area (Å²) in [7, 11) is 3.16. The average Bonchev–Trinajstić information content (AvgIpc) is 2.88. The molecule has 0 bridgehead atoms. The standard InChI is InChI=1S/C27H38N4O4/c1-20-7-4-5-9-22(20)18-30(17-21-8-6-10-24(15-21)35-3)23-11-14-31(26(32)19-34-2)25(16-23)27(33)29-13-12-28/h4-10,15,23,25H,11-14,16-19,28H2,1-3H3,(H,29,33)/t23?,25-/m1/s1. The van der Waals surface area contributed by atoms with Crippen molar-refractivity contribution in [3.63, 3.8) is 0 Å². The summed E-state index contributed by atoms with van der Waals surface area (Å²) < 4.78 is 10.5. The lowest BCUT2D eigenvalue weighted by molar-refractivity contribution is -0.146. The third-order valence-corrected chi connectivity index (χ3v) is 6.58. The monoisotopic (exact) mass is 482 g/mol. The first-order chi connectivity index (χ1) is 17.0. The first-order valence-electron chi connectivity index (χ1n) is 12.1. The number of likely N-dealkylation sites (tertiary alicyclic amines) is 1. The molecule has 1 aliphatic rings. The van der Waals surface area contributed by atoms with E-state index >= 15 is 0 Å². The first-order valence-corrected chi connectivity index (χ1v) is 12.1. The van der Waals surface area contributed by atoms with Gasteiger partial charge in [-0.15, -0.1) is 0 Å². The molecule has 1 aliphatic heterocycles. The molecule has 0 saturated carbocycles. The van der Waals surface area contributed by atoms with Gasteiger partial charge in [0.1, 0.15) is 18.4 Å². The fourth-order valence-corrected chi connectivity index (χ4v) is 4.67. The van der Waals surface area contributed by atoms with Crippen LogP contribution < -0.4 is 15.8 Å². The summed E-state index contributed by atoms with van der Waals surface area (Å²) in [6, 6.07) is 16.0.